The zero-order valence-electron chi connectivity index (χ0n) is 15.7. The number of urea groups is 1. The molecule has 4 amide bonds. The number of anilines is 1. The molecule has 1 spiro atoms. The molecule has 1 aromatic rings. The molecule has 0 radical (unpaired) electrons. The maximum atomic E-state index is 13.3. The number of amides is 4. The minimum atomic E-state index is -1.50. The second-order valence-corrected chi connectivity index (χ2v) is 7.44. The SMILES string of the molecule is CCN1CCN2c3ccc([N+](=O)[O-])cc3C[C@]3(C(=O)NC(=O)N(C)C3=O)[C@@H]2C1. The molecule has 3 aliphatic rings. The molecule has 10 nitrogen and oxygen atoms in total. The van der Waals surface area contributed by atoms with Crippen molar-refractivity contribution in [1.29, 1.82) is 0 Å². The molecule has 3 aliphatic heterocycles. The van der Waals surface area contributed by atoms with Gasteiger partial charge in [0.05, 0.1) is 11.0 Å². The van der Waals surface area contributed by atoms with E-state index in [1.54, 1.807) is 6.07 Å². The van der Waals surface area contributed by atoms with E-state index in [1.807, 2.05) is 11.8 Å². The number of barbiturate groups is 1. The number of rotatable bonds is 2. The van der Waals surface area contributed by atoms with Gasteiger partial charge in [0.15, 0.2) is 5.41 Å². The number of benzene rings is 1. The van der Waals surface area contributed by atoms with Gasteiger partial charge in [0.2, 0.25) is 11.8 Å². The summed E-state index contributed by atoms with van der Waals surface area (Å²) in [7, 11) is 1.35. The van der Waals surface area contributed by atoms with E-state index in [-0.39, 0.29) is 12.1 Å². The number of carbonyl (C=O) groups excluding carboxylic acids is 3. The molecule has 1 N–H and O–H groups in total. The van der Waals surface area contributed by atoms with Crippen LogP contribution in [0.4, 0.5) is 16.2 Å². The highest BCUT2D eigenvalue weighted by atomic mass is 16.6. The van der Waals surface area contributed by atoms with Crippen LogP contribution in [-0.2, 0) is 16.0 Å². The van der Waals surface area contributed by atoms with Gasteiger partial charge in [-0.2, -0.15) is 0 Å². The number of imide groups is 2. The molecule has 4 rings (SSSR count). The van der Waals surface area contributed by atoms with E-state index in [9.17, 15) is 24.5 Å². The first kappa shape index (κ1) is 18.4. The van der Waals surface area contributed by atoms with E-state index < -0.39 is 34.2 Å². The third kappa shape index (κ3) is 2.40. The van der Waals surface area contributed by atoms with Crippen molar-refractivity contribution in [3.63, 3.8) is 0 Å². The van der Waals surface area contributed by atoms with E-state index in [4.69, 9.17) is 0 Å². The summed E-state index contributed by atoms with van der Waals surface area (Å²) >= 11 is 0. The molecular formula is C18H21N5O5. The molecule has 10 heteroatoms. The number of carbonyl (C=O) groups is 3. The second kappa shape index (κ2) is 6.26. The molecule has 0 aliphatic carbocycles. The number of nitrogens with zero attached hydrogens (tertiary/aromatic N) is 4. The summed E-state index contributed by atoms with van der Waals surface area (Å²) in [4.78, 5) is 54.1. The van der Waals surface area contributed by atoms with Crippen molar-refractivity contribution in [3.05, 3.63) is 33.9 Å². The molecule has 1 aromatic carbocycles. The molecule has 2 fully saturated rings. The van der Waals surface area contributed by atoms with Crippen molar-refractivity contribution in [3.8, 4) is 0 Å². The maximum Gasteiger partial charge on any atom is 0.330 e. The van der Waals surface area contributed by atoms with Crippen LogP contribution in [0.1, 0.15) is 12.5 Å². The summed E-state index contributed by atoms with van der Waals surface area (Å²) in [6.45, 7) is 4.63. The van der Waals surface area contributed by atoms with Crippen LogP contribution in [0.5, 0.6) is 0 Å². The highest BCUT2D eigenvalue weighted by molar-refractivity contribution is 6.20. The Kier molecular flexibility index (Phi) is 4.11. The van der Waals surface area contributed by atoms with Crippen molar-refractivity contribution < 1.29 is 19.3 Å². The second-order valence-electron chi connectivity index (χ2n) is 7.44. The molecule has 148 valence electrons. The normalized spacial score (nSPS) is 27.5. The zero-order valence-corrected chi connectivity index (χ0v) is 15.7. The Balaban J connectivity index is 1.89. The molecule has 2 saturated heterocycles. The maximum absolute atomic E-state index is 13.3. The van der Waals surface area contributed by atoms with Crippen molar-refractivity contribution in [1.82, 2.24) is 15.1 Å². The fourth-order valence-electron chi connectivity index (χ4n) is 4.59. The van der Waals surface area contributed by atoms with E-state index >= 15 is 0 Å². The third-order valence-corrected chi connectivity index (χ3v) is 6.15. The average molecular weight is 387 g/mol. The summed E-state index contributed by atoms with van der Waals surface area (Å²) in [5.74, 6) is -1.20. The Hall–Kier alpha value is -3.01. The lowest BCUT2D eigenvalue weighted by Crippen LogP contribution is -2.74. The summed E-state index contributed by atoms with van der Waals surface area (Å²) in [6, 6.07) is 3.35. The Morgan fingerprint density at radius 3 is 2.71 bits per heavy atom. The van der Waals surface area contributed by atoms with Gasteiger partial charge in [-0.25, -0.2) is 4.79 Å². The molecule has 0 unspecified atom stereocenters. The predicted octanol–water partition coefficient (Wildman–Crippen LogP) is 0.356. The van der Waals surface area contributed by atoms with Gasteiger partial charge in [0.25, 0.3) is 5.69 Å². The lowest BCUT2D eigenvalue weighted by Gasteiger charge is -2.55. The highest BCUT2D eigenvalue weighted by Crippen LogP contribution is 2.46. The quantitative estimate of drug-likeness (QED) is 0.442. The monoisotopic (exact) mass is 387 g/mol. The van der Waals surface area contributed by atoms with Crippen molar-refractivity contribution in [2.75, 3.05) is 38.1 Å². The van der Waals surface area contributed by atoms with Gasteiger partial charge in [0, 0.05) is 50.9 Å². The standard InChI is InChI=1S/C18H21N5O5/c1-3-21-6-7-22-13-5-4-12(23(27)28)8-11(13)9-18(14(22)10-21)15(24)19-17(26)20(2)16(18)25/h4-5,8,14H,3,6-7,9-10H2,1-2H3,(H,19,24,26)/t14-,18+/m0/s1. The number of hydrogen-bond donors (Lipinski definition) is 1. The number of likely N-dealkylation sites (N-methyl/N-ethyl adjacent to an activating group) is 1. The summed E-state index contributed by atoms with van der Waals surface area (Å²) in [6.07, 6.45) is 0.0189. The Bertz CT molecular complexity index is 902. The number of hydrogen-bond acceptors (Lipinski definition) is 7. The molecule has 0 aromatic heterocycles. The van der Waals surface area contributed by atoms with E-state index in [2.05, 4.69) is 10.2 Å². The number of fused-ring (bicyclic) bond motifs is 4. The summed E-state index contributed by atoms with van der Waals surface area (Å²) in [5, 5.41) is 13.5. The first-order valence-corrected chi connectivity index (χ1v) is 9.19. The summed E-state index contributed by atoms with van der Waals surface area (Å²) in [5.41, 5.74) is -0.218. The van der Waals surface area contributed by atoms with E-state index in [1.165, 1.54) is 19.2 Å². The first-order valence-electron chi connectivity index (χ1n) is 9.19. The van der Waals surface area contributed by atoms with Gasteiger partial charge in [-0.1, -0.05) is 6.92 Å². The van der Waals surface area contributed by atoms with Crippen LogP contribution >= 0.6 is 0 Å². The van der Waals surface area contributed by atoms with Crippen LogP contribution in [0.25, 0.3) is 0 Å². The number of nitro benzene ring substituents is 1. The van der Waals surface area contributed by atoms with Gasteiger partial charge in [-0.05, 0) is 18.2 Å². The van der Waals surface area contributed by atoms with Crippen LogP contribution in [-0.4, -0.2) is 71.8 Å². The Labute approximate surface area is 161 Å². The fraction of sp³-hybridized carbons (Fsp3) is 0.500. The van der Waals surface area contributed by atoms with Crippen LogP contribution in [0.3, 0.4) is 0 Å². The number of non-ortho nitro benzene ring substituents is 1. The molecular weight excluding hydrogens is 366 g/mol. The van der Waals surface area contributed by atoms with Gasteiger partial charge in [-0.15, -0.1) is 0 Å². The van der Waals surface area contributed by atoms with Gasteiger partial charge < -0.3 is 4.90 Å². The van der Waals surface area contributed by atoms with Gasteiger partial charge >= 0.3 is 6.03 Å². The number of piperazine rings is 1. The van der Waals surface area contributed by atoms with E-state index in [0.29, 0.717) is 18.7 Å². The molecule has 0 bridgehead atoms. The fourth-order valence-corrected chi connectivity index (χ4v) is 4.59. The van der Waals surface area contributed by atoms with Crippen LogP contribution in [0.15, 0.2) is 18.2 Å². The third-order valence-electron chi connectivity index (χ3n) is 6.15. The molecule has 28 heavy (non-hydrogen) atoms. The van der Waals surface area contributed by atoms with Gasteiger partial charge in [-0.3, -0.25) is 34.8 Å². The van der Waals surface area contributed by atoms with Crippen LogP contribution < -0.4 is 10.2 Å². The lowest BCUT2D eigenvalue weighted by molar-refractivity contribution is -0.384. The van der Waals surface area contributed by atoms with Crippen LogP contribution in [0, 0.1) is 15.5 Å². The van der Waals surface area contributed by atoms with Crippen molar-refractivity contribution in [2.24, 2.45) is 5.41 Å². The lowest BCUT2D eigenvalue weighted by atomic mass is 9.67. The summed E-state index contributed by atoms with van der Waals surface area (Å²) < 4.78 is 0. The highest BCUT2D eigenvalue weighted by Gasteiger charge is 2.62. The number of nitro groups is 1. The largest absolute Gasteiger partial charge is 0.364 e. The molecule has 3 heterocycles. The first-order chi connectivity index (χ1) is 13.3. The number of nitrogens with one attached hydrogen (secondary N) is 1. The smallest absolute Gasteiger partial charge is 0.330 e. The van der Waals surface area contributed by atoms with Crippen molar-refractivity contribution in [2.45, 2.75) is 19.4 Å². The van der Waals surface area contributed by atoms with E-state index in [0.717, 1.165) is 23.7 Å². The predicted molar refractivity (Wildman–Crippen MR) is 98.8 cm³/mol. The zero-order chi connectivity index (χ0) is 20.2. The Morgan fingerprint density at radius 1 is 1.29 bits per heavy atom. The molecule has 0 saturated carbocycles. The molecule has 2 atom stereocenters. The van der Waals surface area contributed by atoms with Gasteiger partial charge in [0.1, 0.15) is 0 Å². The van der Waals surface area contributed by atoms with Crippen LogP contribution in [0.2, 0.25) is 0 Å². The average Bonchev–Trinajstić information content (AvgIpc) is 2.69. The Morgan fingerprint density at radius 2 is 2.04 bits per heavy atom. The minimum absolute atomic E-state index is 0.0189. The topological polar surface area (TPSA) is 116 Å². The van der Waals surface area contributed by atoms with Crippen molar-refractivity contribution >= 4 is 29.2 Å². The minimum Gasteiger partial charge on any atom is -0.364 e.